The molecule has 31 heavy (non-hydrogen) atoms. The molecule has 0 saturated heterocycles. The van der Waals surface area contributed by atoms with Gasteiger partial charge in [-0.3, -0.25) is 9.59 Å². The first-order valence-corrected chi connectivity index (χ1v) is 10.6. The van der Waals surface area contributed by atoms with E-state index in [0.29, 0.717) is 13.0 Å². The van der Waals surface area contributed by atoms with Gasteiger partial charge in [-0.05, 0) is 28.2 Å². The van der Waals surface area contributed by atoms with Crippen LogP contribution in [0.2, 0.25) is 0 Å². The molecule has 0 heterocycles. The van der Waals surface area contributed by atoms with E-state index in [1.165, 1.54) is 0 Å². The third-order valence-electron chi connectivity index (χ3n) is 5.59. The van der Waals surface area contributed by atoms with Gasteiger partial charge in [-0.25, -0.2) is 4.79 Å². The van der Waals surface area contributed by atoms with Crippen molar-refractivity contribution in [3.8, 4) is 11.1 Å². The first kappa shape index (κ1) is 22.3. The Balaban J connectivity index is 1.42. The molecule has 2 aromatic carbocycles. The highest BCUT2D eigenvalue weighted by molar-refractivity contribution is 5.79. The van der Waals surface area contributed by atoms with Crippen molar-refractivity contribution in [3.05, 3.63) is 59.7 Å². The molecule has 0 radical (unpaired) electrons. The second kappa shape index (κ2) is 10.6. The summed E-state index contributed by atoms with van der Waals surface area (Å²) in [7, 11) is 0. The molecule has 1 atom stereocenters. The van der Waals surface area contributed by atoms with Crippen molar-refractivity contribution < 1.29 is 24.2 Å². The zero-order valence-corrected chi connectivity index (χ0v) is 17.6. The fraction of sp³-hybridized carbons (Fsp3) is 0.375. The average Bonchev–Trinajstić information content (AvgIpc) is 3.08. The lowest BCUT2D eigenvalue weighted by Crippen LogP contribution is -2.34. The quantitative estimate of drug-likeness (QED) is 0.541. The number of rotatable bonds is 10. The topological polar surface area (TPSA) is 105 Å². The minimum absolute atomic E-state index is 0.0124. The number of hydrogen-bond donors (Lipinski definition) is 3. The van der Waals surface area contributed by atoms with Gasteiger partial charge in [0.25, 0.3) is 0 Å². The summed E-state index contributed by atoms with van der Waals surface area (Å²) in [5.74, 6) is -1.22. The van der Waals surface area contributed by atoms with Crippen molar-refractivity contribution in [3.63, 3.8) is 0 Å². The molecule has 3 N–H and O–H groups in total. The number of fused-ring (bicyclic) bond motifs is 3. The van der Waals surface area contributed by atoms with Gasteiger partial charge >= 0.3 is 12.1 Å². The summed E-state index contributed by atoms with van der Waals surface area (Å²) >= 11 is 0. The summed E-state index contributed by atoms with van der Waals surface area (Å²) in [6.45, 7) is 2.57. The fourth-order valence-electron chi connectivity index (χ4n) is 3.88. The van der Waals surface area contributed by atoms with Gasteiger partial charge < -0.3 is 20.5 Å². The number of carboxylic acid groups (broad SMARTS) is 1. The lowest BCUT2D eigenvalue weighted by Gasteiger charge is -2.15. The van der Waals surface area contributed by atoms with Crippen LogP contribution in [0.5, 0.6) is 0 Å². The minimum atomic E-state index is -0.877. The highest BCUT2D eigenvalue weighted by Crippen LogP contribution is 2.44. The molecule has 0 saturated carbocycles. The van der Waals surface area contributed by atoms with Crippen molar-refractivity contribution in [1.82, 2.24) is 10.6 Å². The lowest BCUT2D eigenvalue weighted by molar-refractivity contribution is -0.138. The van der Waals surface area contributed by atoms with E-state index >= 15 is 0 Å². The Morgan fingerprint density at radius 2 is 1.61 bits per heavy atom. The first-order chi connectivity index (χ1) is 15.0. The van der Waals surface area contributed by atoms with E-state index in [2.05, 4.69) is 34.9 Å². The van der Waals surface area contributed by atoms with E-state index in [4.69, 9.17) is 9.84 Å². The molecule has 1 aliphatic rings. The maximum atomic E-state index is 12.1. The van der Waals surface area contributed by atoms with Crippen molar-refractivity contribution in [2.75, 3.05) is 19.7 Å². The van der Waals surface area contributed by atoms with Gasteiger partial charge in [0.1, 0.15) is 6.61 Å². The van der Waals surface area contributed by atoms with Gasteiger partial charge in [0, 0.05) is 31.8 Å². The number of benzene rings is 2. The van der Waals surface area contributed by atoms with Crippen LogP contribution in [0.25, 0.3) is 11.1 Å². The number of ether oxygens (including phenoxy) is 1. The largest absolute Gasteiger partial charge is 0.481 e. The Bertz CT molecular complexity index is 898. The molecule has 0 fully saturated rings. The summed E-state index contributed by atoms with van der Waals surface area (Å²) in [6, 6.07) is 16.2. The zero-order valence-electron chi connectivity index (χ0n) is 17.6. The van der Waals surface area contributed by atoms with Crippen LogP contribution < -0.4 is 10.6 Å². The van der Waals surface area contributed by atoms with Crippen LogP contribution in [0.3, 0.4) is 0 Å². The van der Waals surface area contributed by atoms with Crippen LogP contribution in [0, 0.1) is 5.92 Å². The molecular formula is C24H28N2O5. The molecule has 0 bridgehead atoms. The summed E-state index contributed by atoms with van der Waals surface area (Å²) in [6.07, 6.45) is 0.236. The van der Waals surface area contributed by atoms with Crippen LogP contribution in [-0.2, 0) is 14.3 Å². The molecule has 1 unspecified atom stereocenters. The average molecular weight is 424 g/mol. The summed E-state index contributed by atoms with van der Waals surface area (Å²) in [5, 5.41) is 14.2. The van der Waals surface area contributed by atoms with E-state index in [0.717, 1.165) is 22.3 Å². The second-order valence-electron chi connectivity index (χ2n) is 7.68. The third kappa shape index (κ3) is 5.84. The Labute approximate surface area is 181 Å². The highest BCUT2D eigenvalue weighted by Gasteiger charge is 2.28. The van der Waals surface area contributed by atoms with Gasteiger partial charge in [0.15, 0.2) is 0 Å². The second-order valence-corrected chi connectivity index (χ2v) is 7.68. The maximum absolute atomic E-state index is 12.1. The summed E-state index contributed by atoms with van der Waals surface area (Å²) in [4.78, 5) is 34.8. The summed E-state index contributed by atoms with van der Waals surface area (Å²) < 4.78 is 5.43. The van der Waals surface area contributed by atoms with E-state index in [9.17, 15) is 14.4 Å². The van der Waals surface area contributed by atoms with Crippen molar-refractivity contribution in [2.45, 2.75) is 32.1 Å². The van der Waals surface area contributed by atoms with Gasteiger partial charge in [-0.1, -0.05) is 61.9 Å². The van der Waals surface area contributed by atoms with E-state index in [1.54, 1.807) is 0 Å². The smallest absolute Gasteiger partial charge is 0.407 e. The molecule has 1 aliphatic carbocycles. The molecule has 0 aromatic heterocycles. The number of carbonyl (C=O) groups is 3. The van der Waals surface area contributed by atoms with E-state index in [-0.39, 0.29) is 43.7 Å². The SMILES string of the molecule is CCC(CNC(=O)CCNC(=O)OCC1c2ccccc2-c2ccccc21)CC(=O)O. The van der Waals surface area contributed by atoms with Crippen LogP contribution >= 0.6 is 0 Å². The monoisotopic (exact) mass is 424 g/mol. The van der Waals surface area contributed by atoms with Crippen LogP contribution in [0.4, 0.5) is 4.79 Å². The number of carboxylic acids is 1. The molecule has 2 amide bonds. The number of alkyl carbamates (subject to hydrolysis) is 1. The molecule has 7 heteroatoms. The minimum Gasteiger partial charge on any atom is -0.481 e. The predicted molar refractivity (Wildman–Crippen MR) is 117 cm³/mol. The van der Waals surface area contributed by atoms with Gasteiger partial charge in [-0.2, -0.15) is 0 Å². The molecule has 2 aromatic rings. The van der Waals surface area contributed by atoms with Gasteiger partial charge in [0.2, 0.25) is 5.91 Å². The Hall–Kier alpha value is -3.35. The molecular weight excluding hydrogens is 396 g/mol. The lowest BCUT2D eigenvalue weighted by atomic mass is 9.98. The Morgan fingerprint density at radius 1 is 1.00 bits per heavy atom. The molecule has 0 aliphatic heterocycles. The molecule has 164 valence electrons. The molecule has 0 spiro atoms. The van der Waals surface area contributed by atoms with E-state index in [1.807, 2.05) is 31.2 Å². The number of carbonyl (C=O) groups excluding carboxylic acids is 2. The third-order valence-corrected chi connectivity index (χ3v) is 5.59. The number of hydrogen-bond acceptors (Lipinski definition) is 4. The predicted octanol–water partition coefficient (Wildman–Crippen LogP) is 3.53. The number of aliphatic carboxylic acids is 1. The van der Waals surface area contributed by atoms with Crippen LogP contribution in [0.1, 0.15) is 43.2 Å². The Morgan fingerprint density at radius 3 is 2.19 bits per heavy atom. The Kier molecular flexibility index (Phi) is 7.65. The van der Waals surface area contributed by atoms with E-state index < -0.39 is 12.1 Å². The zero-order chi connectivity index (χ0) is 22.2. The molecule has 3 rings (SSSR count). The van der Waals surface area contributed by atoms with Crippen molar-refractivity contribution >= 4 is 18.0 Å². The summed E-state index contributed by atoms with van der Waals surface area (Å²) in [5.41, 5.74) is 4.61. The normalized spacial score (nSPS) is 13.1. The van der Waals surface area contributed by atoms with Crippen LogP contribution in [-0.4, -0.2) is 42.8 Å². The maximum Gasteiger partial charge on any atom is 0.407 e. The standard InChI is InChI=1S/C24H28N2O5/c1-2-16(13-23(28)29)14-26-22(27)11-12-25-24(30)31-15-21-19-9-5-3-7-17(19)18-8-4-6-10-20(18)21/h3-10,16,21H,2,11-15H2,1H3,(H,25,30)(H,26,27)(H,28,29). The number of amides is 2. The van der Waals surface area contributed by atoms with Gasteiger partial charge in [0.05, 0.1) is 0 Å². The van der Waals surface area contributed by atoms with Crippen molar-refractivity contribution in [1.29, 1.82) is 0 Å². The van der Waals surface area contributed by atoms with Crippen molar-refractivity contribution in [2.24, 2.45) is 5.92 Å². The first-order valence-electron chi connectivity index (χ1n) is 10.6. The fourth-order valence-corrected chi connectivity index (χ4v) is 3.88. The highest BCUT2D eigenvalue weighted by atomic mass is 16.5. The van der Waals surface area contributed by atoms with Crippen LogP contribution in [0.15, 0.2) is 48.5 Å². The molecule has 7 nitrogen and oxygen atoms in total. The van der Waals surface area contributed by atoms with Gasteiger partial charge in [-0.15, -0.1) is 0 Å². The number of nitrogens with one attached hydrogen (secondary N) is 2.